The Hall–Kier alpha value is -0.160. The maximum absolute atomic E-state index is 2.28. The van der Waals surface area contributed by atoms with Gasteiger partial charge in [-0.2, -0.15) is 23.5 Å². The zero-order valence-electron chi connectivity index (χ0n) is 13.4. The predicted octanol–water partition coefficient (Wildman–Crippen LogP) is 7.33. The van der Waals surface area contributed by atoms with Crippen LogP contribution in [0.1, 0.15) is 35.5 Å². The van der Waals surface area contributed by atoms with Crippen molar-refractivity contribution in [1.82, 2.24) is 0 Å². The summed E-state index contributed by atoms with van der Waals surface area (Å²) in [5, 5.41) is 1.06. The molecular formula is C18H22S4. The van der Waals surface area contributed by atoms with Crippen LogP contribution < -0.4 is 0 Å². The molecule has 2 aromatic carbocycles. The fraction of sp³-hybridized carbons (Fsp3) is 0.333. The van der Waals surface area contributed by atoms with Crippen molar-refractivity contribution in [2.24, 2.45) is 0 Å². The van der Waals surface area contributed by atoms with E-state index < -0.39 is 0 Å². The molecule has 0 nitrogen and oxygen atoms in total. The molecule has 0 radical (unpaired) electrons. The molecule has 0 aromatic heterocycles. The van der Waals surface area contributed by atoms with Crippen LogP contribution in [0, 0.1) is 0 Å². The van der Waals surface area contributed by atoms with Crippen LogP contribution >= 0.6 is 45.1 Å². The lowest BCUT2D eigenvalue weighted by molar-refractivity contribution is 1.05. The molecule has 22 heavy (non-hydrogen) atoms. The summed E-state index contributed by atoms with van der Waals surface area (Å²) in [5.74, 6) is 0. The molecule has 0 aliphatic rings. The van der Waals surface area contributed by atoms with Crippen molar-refractivity contribution in [1.29, 1.82) is 0 Å². The van der Waals surface area contributed by atoms with Crippen LogP contribution in [0.4, 0.5) is 0 Å². The molecule has 2 atom stereocenters. The van der Waals surface area contributed by atoms with Crippen molar-refractivity contribution >= 4 is 45.1 Å². The molecule has 2 rings (SSSR count). The molecule has 0 aliphatic heterocycles. The predicted molar refractivity (Wildman–Crippen MR) is 108 cm³/mol. The molecule has 0 amide bonds. The number of hydrogen-bond donors (Lipinski definition) is 0. The van der Waals surface area contributed by atoms with Crippen LogP contribution in [-0.2, 0) is 0 Å². The second-order valence-corrected chi connectivity index (χ2v) is 9.57. The number of rotatable bonds is 7. The average Bonchev–Trinajstić information content (AvgIpc) is 2.59. The van der Waals surface area contributed by atoms with Gasteiger partial charge in [0.1, 0.15) is 0 Å². The maximum Gasteiger partial charge on any atom is 0.0277 e. The van der Waals surface area contributed by atoms with E-state index in [1.54, 1.807) is 0 Å². The standard InChI is InChI=1S/C18H22S4/c1-13(19-3)15-9-5-7-11-17(15)21-22-18-12-8-6-10-16(18)14(2)20-4/h5-14H,1-4H3/t13-,14-/m0/s1. The molecule has 0 bridgehead atoms. The lowest BCUT2D eigenvalue weighted by atomic mass is 10.2. The van der Waals surface area contributed by atoms with Gasteiger partial charge in [-0.25, -0.2) is 0 Å². The first-order chi connectivity index (χ1) is 10.7. The summed E-state index contributed by atoms with van der Waals surface area (Å²) in [7, 11) is 3.76. The molecule has 0 N–H and O–H groups in total. The molecule has 4 heteroatoms. The second-order valence-electron chi connectivity index (χ2n) is 5.00. The first-order valence-electron chi connectivity index (χ1n) is 7.25. The van der Waals surface area contributed by atoms with Crippen molar-refractivity contribution < 1.29 is 0 Å². The van der Waals surface area contributed by atoms with Gasteiger partial charge in [-0.1, -0.05) is 58.0 Å². The van der Waals surface area contributed by atoms with Gasteiger partial charge in [-0.3, -0.25) is 0 Å². The molecule has 0 heterocycles. The van der Waals surface area contributed by atoms with Gasteiger partial charge in [0.05, 0.1) is 0 Å². The molecule has 0 unspecified atom stereocenters. The Bertz CT molecular complexity index is 544. The van der Waals surface area contributed by atoms with Crippen LogP contribution in [0.15, 0.2) is 58.3 Å². The van der Waals surface area contributed by atoms with E-state index in [-0.39, 0.29) is 0 Å². The van der Waals surface area contributed by atoms with E-state index in [9.17, 15) is 0 Å². The first-order valence-corrected chi connectivity index (χ1v) is 12.0. The van der Waals surface area contributed by atoms with Gasteiger partial charge in [-0.15, -0.1) is 0 Å². The van der Waals surface area contributed by atoms with Crippen molar-refractivity contribution in [3.8, 4) is 0 Å². The fourth-order valence-electron chi connectivity index (χ4n) is 2.13. The van der Waals surface area contributed by atoms with Crippen molar-refractivity contribution in [2.45, 2.75) is 34.1 Å². The van der Waals surface area contributed by atoms with Crippen LogP contribution in [0.3, 0.4) is 0 Å². The maximum atomic E-state index is 2.28. The van der Waals surface area contributed by atoms with Crippen molar-refractivity contribution in [2.75, 3.05) is 12.5 Å². The largest absolute Gasteiger partial charge is 0.157 e. The quantitative estimate of drug-likeness (QED) is 0.470. The summed E-state index contributed by atoms with van der Waals surface area (Å²) in [6.45, 7) is 4.55. The van der Waals surface area contributed by atoms with Crippen molar-refractivity contribution in [3.05, 3.63) is 59.7 Å². The summed E-state index contributed by atoms with van der Waals surface area (Å²) < 4.78 is 0. The Balaban J connectivity index is 2.18. The lowest BCUT2D eigenvalue weighted by Crippen LogP contribution is -1.91. The zero-order valence-corrected chi connectivity index (χ0v) is 16.7. The first kappa shape index (κ1) is 18.2. The monoisotopic (exact) mass is 366 g/mol. The average molecular weight is 367 g/mol. The molecular weight excluding hydrogens is 344 g/mol. The Morgan fingerprint density at radius 2 is 1.00 bits per heavy atom. The Kier molecular flexibility index (Phi) is 7.61. The minimum Gasteiger partial charge on any atom is -0.157 e. The van der Waals surface area contributed by atoms with Gasteiger partial charge in [0, 0.05) is 20.3 Å². The molecule has 0 spiro atoms. The highest BCUT2D eigenvalue weighted by molar-refractivity contribution is 8.76. The third-order valence-corrected chi connectivity index (χ3v) is 8.08. The van der Waals surface area contributed by atoms with Gasteiger partial charge in [0.2, 0.25) is 0 Å². The molecule has 118 valence electrons. The minimum absolute atomic E-state index is 0.532. The Morgan fingerprint density at radius 1 is 0.636 bits per heavy atom. The van der Waals surface area contributed by atoms with Crippen LogP contribution in [-0.4, -0.2) is 12.5 Å². The summed E-state index contributed by atoms with van der Waals surface area (Å²) in [4.78, 5) is 2.75. The van der Waals surface area contributed by atoms with Gasteiger partial charge in [-0.05, 0) is 49.6 Å². The zero-order chi connectivity index (χ0) is 15.9. The number of thioether (sulfide) groups is 2. The Morgan fingerprint density at radius 3 is 1.36 bits per heavy atom. The molecule has 0 aliphatic carbocycles. The molecule has 2 aromatic rings. The van der Waals surface area contributed by atoms with E-state index >= 15 is 0 Å². The van der Waals surface area contributed by atoms with E-state index in [0.717, 1.165) is 0 Å². The Labute approximate surface area is 151 Å². The smallest absolute Gasteiger partial charge is 0.0277 e. The van der Waals surface area contributed by atoms with Crippen LogP contribution in [0.2, 0.25) is 0 Å². The van der Waals surface area contributed by atoms with E-state index in [1.165, 1.54) is 20.9 Å². The fourth-order valence-corrected chi connectivity index (χ4v) is 5.78. The second kappa shape index (κ2) is 9.21. The van der Waals surface area contributed by atoms with Crippen molar-refractivity contribution in [3.63, 3.8) is 0 Å². The normalized spacial score (nSPS) is 13.8. The number of benzene rings is 2. The highest BCUT2D eigenvalue weighted by Gasteiger charge is 2.13. The van der Waals surface area contributed by atoms with Gasteiger partial charge in [0.25, 0.3) is 0 Å². The van der Waals surface area contributed by atoms with Gasteiger partial charge < -0.3 is 0 Å². The van der Waals surface area contributed by atoms with E-state index in [1.807, 2.05) is 45.1 Å². The van der Waals surface area contributed by atoms with Crippen LogP contribution in [0.25, 0.3) is 0 Å². The van der Waals surface area contributed by atoms with Gasteiger partial charge in [0.15, 0.2) is 0 Å². The SMILES string of the molecule is CS[C@@H](C)c1ccccc1SSc1ccccc1[C@H](C)SC. The van der Waals surface area contributed by atoms with E-state index in [0.29, 0.717) is 10.5 Å². The third-order valence-electron chi connectivity index (χ3n) is 3.64. The van der Waals surface area contributed by atoms with E-state index in [4.69, 9.17) is 0 Å². The summed E-state index contributed by atoms with van der Waals surface area (Å²) in [6.07, 6.45) is 4.35. The molecule has 0 fully saturated rings. The highest BCUT2D eigenvalue weighted by atomic mass is 33.1. The summed E-state index contributed by atoms with van der Waals surface area (Å²) >= 11 is 3.80. The lowest BCUT2D eigenvalue weighted by Gasteiger charge is -2.16. The summed E-state index contributed by atoms with van der Waals surface area (Å²) in [6, 6.07) is 17.5. The van der Waals surface area contributed by atoms with Crippen LogP contribution in [0.5, 0.6) is 0 Å². The minimum atomic E-state index is 0.532. The third kappa shape index (κ3) is 4.67. The highest BCUT2D eigenvalue weighted by Crippen LogP contribution is 2.45. The van der Waals surface area contributed by atoms with E-state index in [2.05, 4.69) is 74.9 Å². The topological polar surface area (TPSA) is 0 Å². The summed E-state index contributed by atoms with van der Waals surface area (Å²) in [5.41, 5.74) is 2.87. The van der Waals surface area contributed by atoms with Gasteiger partial charge >= 0.3 is 0 Å². The molecule has 0 saturated heterocycles. The number of hydrogen-bond acceptors (Lipinski definition) is 4. The molecule has 0 saturated carbocycles.